The zero-order chi connectivity index (χ0) is 23.2. The van der Waals surface area contributed by atoms with Gasteiger partial charge in [-0.2, -0.15) is 0 Å². The number of alkyl halides is 2. The summed E-state index contributed by atoms with van der Waals surface area (Å²) in [6.07, 6.45) is 5.40. The number of carbonyl (C=O) groups excluding carboxylic acids is 1. The molecule has 2 aliphatic rings. The van der Waals surface area contributed by atoms with Gasteiger partial charge in [0.05, 0.1) is 5.69 Å². The molecule has 0 amide bonds. The summed E-state index contributed by atoms with van der Waals surface area (Å²) in [5.74, 6) is 1.53. The van der Waals surface area contributed by atoms with Gasteiger partial charge in [0.1, 0.15) is 5.78 Å². The molecule has 8 heteroatoms. The van der Waals surface area contributed by atoms with E-state index in [1.54, 1.807) is 0 Å². The van der Waals surface area contributed by atoms with Crippen LogP contribution < -0.4 is 4.74 Å². The smallest absolute Gasteiger partial charge is 0.273 e. The highest BCUT2D eigenvalue weighted by Gasteiger charge is 2.26. The van der Waals surface area contributed by atoms with Crippen molar-refractivity contribution in [2.75, 3.05) is 19.7 Å². The summed E-state index contributed by atoms with van der Waals surface area (Å²) in [6.45, 7) is 2.20. The number of benzene rings is 1. The zero-order valence-corrected chi connectivity index (χ0v) is 20.4. The Morgan fingerprint density at radius 1 is 1.24 bits per heavy atom. The number of nitrogens with zero attached hydrogens (tertiary/aromatic N) is 2. The Bertz CT molecular complexity index is 931. The fourth-order valence-electron chi connectivity index (χ4n) is 4.97. The van der Waals surface area contributed by atoms with E-state index in [0.29, 0.717) is 40.7 Å². The molecule has 4 rings (SSSR count). The first-order valence-corrected chi connectivity index (χ1v) is 13.0. The second kappa shape index (κ2) is 11.7. The third kappa shape index (κ3) is 7.46. The number of ketones is 1. The third-order valence-corrected chi connectivity index (χ3v) is 8.05. The number of fused-ring (bicyclic) bond motifs is 1. The quantitative estimate of drug-likeness (QED) is 0.393. The zero-order valence-electron chi connectivity index (χ0n) is 18.8. The summed E-state index contributed by atoms with van der Waals surface area (Å²) < 4.78 is 29.8. The Labute approximate surface area is 203 Å². The van der Waals surface area contributed by atoms with Gasteiger partial charge < -0.3 is 4.74 Å². The molecule has 2 aromatic rings. The molecule has 1 aliphatic heterocycles. The molecule has 0 N–H and O–H groups in total. The predicted molar refractivity (Wildman–Crippen MR) is 127 cm³/mol. The van der Waals surface area contributed by atoms with Gasteiger partial charge in [-0.15, -0.1) is 0 Å². The lowest BCUT2D eigenvalue weighted by Crippen LogP contribution is -2.32. The van der Waals surface area contributed by atoms with E-state index < -0.39 is 13.0 Å². The van der Waals surface area contributed by atoms with Crippen molar-refractivity contribution in [3.05, 3.63) is 45.4 Å². The molecule has 2 heterocycles. The lowest BCUT2D eigenvalue weighted by molar-refractivity contribution is -0.119. The van der Waals surface area contributed by atoms with Crippen LogP contribution >= 0.6 is 22.9 Å². The minimum absolute atomic E-state index is 0.310. The standard InChI is InChI=1S/C25H31ClF2N2O2S/c26-20-3-1-2-19(12-20)14-21(31)13-18-6-4-17(5-7-18)8-10-30-11-9-23-22(15-30)29-25(33-23)32-16-24(27)28/h1-3,12,17-18,24H,4-11,13-16H2. The largest absolute Gasteiger partial charge is 0.464 e. The summed E-state index contributed by atoms with van der Waals surface area (Å²) in [6, 6.07) is 7.57. The molecule has 1 aliphatic carbocycles. The van der Waals surface area contributed by atoms with Crippen molar-refractivity contribution in [2.24, 2.45) is 11.8 Å². The second-order valence-corrected chi connectivity index (χ2v) is 10.8. The van der Waals surface area contributed by atoms with Crippen molar-refractivity contribution in [2.45, 2.75) is 64.3 Å². The maximum Gasteiger partial charge on any atom is 0.273 e. The van der Waals surface area contributed by atoms with Crippen molar-refractivity contribution in [1.82, 2.24) is 9.88 Å². The van der Waals surface area contributed by atoms with Gasteiger partial charge in [0.25, 0.3) is 11.6 Å². The van der Waals surface area contributed by atoms with E-state index >= 15 is 0 Å². The Morgan fingerprint density at radius 2 is 2.03 bits per heavy atom. The van der Waals surface area contributed by atoms with Gasteiger partial charge in [-0.1, -0.05) is 47.9 Å². The van der Waals surface area contributed by atoms with Crippen LogP contribution in [0.5, 0.6) is 5.19 Å². The third-order valence-electron chi connectivity index (χ3n) is 6.75. The molecule has 0 atom stereocenters. The van der Waals surface area contributed by atoms with Crippen molar-refractivity contribution in [1.29, 1.82) is 0 Å². The monoisotopic (exact) mass is 496 g/mol. The van der Waals surface area contributed by atoms with E-state index in [1.807, 2.05) is 24.3 Å². The van der Waals surface area contributed by atoms with E-state index in [0.717, 1.165) is 56.6 Å². The molecular formula is C25H31ClF2N2O2S. The predicted octanol–water partition coefficient (Wildman–Crippen LogP) is 6.20. The van der Waals surface area contributed by atoms with E-state index in [9.17, 15) is 13.6 Å². The molecule has 0 saturated heterocycles. The van der Waals surface area contributed by atoms with Crippen LogP contribution in [0.25, 0.3) is 0 Å². The number of carbonyl (C=O) groups is 1. The molecule has 1 aromatic heterocycles. The molecule has 0 unspecified atom stereocenters. The molecule has 1 fully saturated rings. The minimum Gasteiger partial charge on any atom is -0.464 e. The molecule has 0 radical (unpaired) electrons. The van der Waals surface area contributed by atoms with Crippen LogP contribution in [0.2, 0.25) is 5.02 Å². The molecule has 4 nitrogen and oxygen atoms in total. The lowest BCUT2D eigenvalue weighted by Gasteiger charge is -2.31. The lowest BCUT2D eigenvalue weighted by atomic mass is 9.78. The number of ether oxygens (including phenoxy) is 1. The van der Waals surface area contributed by atoms with Crippen LogP contribution in [-0.4, -0.2) is 41.8 Å². The Hall–Kier alpha value is -1.57. The average molecular weight is 497 g/mol. The van der Waals surface area contributed by atoms with Gasteiger partial charge in [0, 0.05) is 35.8 Å². The fraction of sp³-hybridized carbons (Fsp3) is 0.600. The summed E-state index contributed by atoms with van der Waals surface area (Å²) in [5, 5.41) is 1.05. The Morgan fingerprint density at radius 3 is 2.79 bits per heavy atom. The fourth-order valence-corrected chi connectivity index (χ4v) is 6.10. The summed E-state index contributed by atoms with van der Waals surface area (Å²) in [5.41, 5.74) is 1.98. The number of hydrogen-bond acceptors (Lipinski definition) is 5. The number of Topliss-reactive ketones (excluding diaryl/α,β-unsaturated/α-hetero) is 1. The van der Waals surface area contributed by atoms with E-state index in [-0.39, 0.29) is 0 Å². The highest BCUT2D eigenvalue weighted by atomic mass is 35.5. The maximum atomic E-state index is 12.5. The van der Waals surface area contributed by atoms with Crippen LogP contribution in [0.3, 0.4) is 0 Å². The van der Waals surface area contributed by atoms with Gasteiger partial charge in [0.2, 0.25) is 0 Å². The minimum atomic E-state index is -2.47. The van der Waals surface area contributed by atoms with E-state index in [2.05, 4.69) is 9.88 Å². The molecule has 33 heavy (non-hydrogen) atoms. The molecule has 1 aromatic carbocycles. The topological polar surface area (TPSA) is 42.4 Å². The van der Waals surface area contributed by atoms with Crippen molar-refractivity contribution < 1.29 is 18.3 Å². The van der Waals surface area contributed by atoms with Crippen molar-refractivity contribution in [3.8, 4) is 5.19 Å². The van der Waals surface area contributed by atoms with Crippen molar-refractivity contribution >= 4 is 28.7 Å². The first kappa shape index (κ1) is 24.6. The normalized spacial score (nSPS) is 21.2. The highest BCUT2D eigenvalue weighted by molar-refractivity contribution is 7.13. The highest BCUT2D eigenvalue weighted by Crippen LogP contribution is 2.34. The molecule has 1 saturated carbocycles. The first-order valence-electron chi connectivity index (χ1n) is 11.8. The van der Waals surface area contributed by atoms with E-state index in [1.165, 1.54) is 29.1 Å². The second-order valence-electron chi connectivity index (χ2n) is 9.30. The van der Waals surface area contributed by atoms with Crippen LogP contribution in [-0.2, 0) is 24.2 Å². The van der Waals surface area contributed by atoms with Crippen LogP contribution in [0.4, 0.5) is 8.78 Å². The molecule has 0 bridgehead atoms. The average Bonchev–Trinajstić information content (AvgIpc) is 3.19. The Kier molecular flexibility index (Phi) is 8.72. The maximum absolute atomic E-state index is 12.5. The number of rotatable bonds is 10. The SMILES string of the molecule is O=C(Cc1cccc(Cl)c1)CC1CCC(CCN2CCc3sc(OCC(F)F)nc3C2)CC1. The van der Waals surface area contributed by atoms with Crippen LogP contribution in [0, 0.1) is 11.8 Å². The van der Waals surface area contributed by atoms with E-state index in [4.69, 9.17) is 16.3 Å². The number of thiazole rings is 1. The number of aromatic nitrogens is 1. The molecule has 180 valence electrons. The van der Waals surface area contributed by atoms with Gasteiger partial charge in [-0.3, -0.25) is 9.69 Å². The first-order chi connectivity index (χ1) is 15.9. The Balaban J connectivity index is 1.15. The number of hydrogen-bond donors (Lipinski definition) is 0. The van der Waals surface area contributed by atoms with Gasteiger partial charge in [0.15, 0.2) is 6.61 Å². The summed E-state index contributed by atoms with van der Waals surface area (Å²) in [4.78, 5) is 20.5. The van der Waals surface area contributed by atoms with Gasteiger partial charge in [-0.05, 0) is 61.8 Å². The van der Waals surface area contributed by atoms with Crippen LogP contribution in [0.15, 0.2) is 24.3 Å². The van der Waals surface area contributed by atoms with Gasteiger partial charge >= 0.3 is 0 Å². The summed E-state index contributed by atoms with van der Waals surface area (Å²) in [7, 11) is 0. The van der Waals surface area contributed by atoms with Gasteiger partial charge in [-0.25, -0.2) is 13.8 Å². The molecular weight excluding hydrogens is 466 g/mol. The summed E-state index contributed by atoms with van der Waals surface area (Å²) >= 11 is 7.43. The molecule has 0 spiro atoms. The van der Waals surface area contributed by atoms with Crippen LogP contribution in [0.1, 0.15) is 54.7 Å². The van der Waals surface area contributed by atoms with Crippen molar-refractivity contribution in [3.63, 3.8) is 0 Å². The number of halogens is 3.